The van der Waals surface area contributed by atoms with E-state index in [9.17, 15) is 0 Å². The van der Waals surface area contributed by atoms with E-state index in [1.165, 1.54) is 13.5 Å². The van der Waals surface area contributed by atoms with E-state index in [1.54, 1.807) is 0 Å². The van der Waals surface area contributed by atoms with Gasteiger partial charge in [0.05, 0.1) is 9.83 Å². The minimum atomic E-state index is 0. The molecule has 0 amide bonds. The third kappa shape index (κ3) is 4.19. The molecule has 1 N–H and O–H groups in total. The van der Waals surface area contributed by atoms with Crippen LogP contribution in [0.2, 0.25) is 0 Å². The molecule has 0 saturated carbocycles. The van der Waals surface area contributed by atoms with Crippen LogP contribution < -0.4 is 5.32 Å². The molecule has 0 bridgehead atoms. The average Bonchev–Trinajstić information content (AvgIpc) is 3.04. The highest BCUT2D eigenvalue weighted by Gasteiger charge is 2.25. The molecule has 0 aromatic carbocycles. The highest BCUT2D eigenvalue weighted by molar-refractivity contribution is 9.11. The Balaban J connectivity index is 0.000001000. The van der Waals surface area contributed by atoms with Gasteiger partial charge in [-0.25, -0.2) is 0 Å². The molecule has 112 valence electrons. The molecule has 1 fully saturated rings. The number of hydrogen-bond acceptors (Lipinski definition) is 4. The first-order chi connectivity index (χ1) is 8.84. The Hall–Kier alpha value is 0.380. The van der Waals surface area contributed by atoms with Crippen molar-refractivity contribution in [3.63, 3.8) is 0 Å². The van der Waals surface area contributed by atoms with Crippen molar-refractivity contribution < 1.29 is 0 Å². The lowest BCUT2D eigenvalue weighted by atomic mass is 10.1. The Bertz CT molecular complexity index is 498. The standard InChI is InChI=1S/C13H15BrN2S2.2ClH/c14-12-4-3-11(18-12)13(10-2-1-9-17-10)16-7-5-15-6-8-16;;/h1-4,9,13,15H,5-8H2;2*1H/t13-;;/m0../s1. The largest absolute Gasteiger partial charge is 0.314 e. The summed E-state index contributed by atoms with van der Waals surface area (Å²) in [6, 6.07) is 9.25. The molecule has 0 radical (unpaired) electrons. The number of rotatable bonds is 3. The monoisotopic (exact) mass is 414 g/mol. The normalized spacial score (nSPS) is 17.1. The van der Waals surface area contributed by atoms with Gasteiger partial charge in [0, 0.05) is 35.9 Å². The van der Waals surface area contributed by atoms with Crippen molar-refractivity contribution in [3.8, 4) is 0 Å². The van der Waals surface area contributed by atoms with Crippen LogP contribution in [0.25, 0.3) is 0 Å². The van der Waals surface area contributed by atoms with Gasteiger partial charge < -0.3 is 5.32 Å². The van der Waals surface area contributed by atoms with E-state index in [4.69, 9.17) is 0 Å². The van der Waals surface area contributed by atoms with Gasteiger partial charge in [0.2, 0.25) is 0 Å². The molecule has 7 heteroatoms. The van der Waals surface area contributed by atoms with Gasteiger partial charge in [0.25, 0.3) is 0 Å². The van der Waals surface area contributed by atoms with Crippen LogP contribution in [0.3, 0.4) is 0 Å². The topological polar surface area (TPSA) is 15.3 Å². The van der Waals surface area contributed by atoms with Crippen LogP contribution in [0.4, 0.5) is 0 Å². The van der Waals surface area contributed by atoms with Crippen molar-refractivity contribution in [2.75, 3.05) is 26.2 Å². The Morgan fingerprint density at radius 1 is 1.10 bits per heavy atom. The summed E-state index contributed by atoms with van der Waals surface area (Å²) in [5, 5.41) is 5.60. The molecule has 0 unspecified atom stereocenters. The summed E-state index contributed by atoms with van der Waals surface area (Å²) < 4.78 is 1.22. The lowest BCUT2D eigenvalue weighted by Crippen LogP contribution is -2.45. The molecular weight excluding hydrogens is 399 g/mol. The van der Waals surface area contributed by atoms with Crippen LogP contribution in [-0.2, 0) is 0 Å². The highest BCUT2D eigenvalue weighted by atomic mass is 79.9. The molecule has 20 heavy (non-hydrogen) atoms. The molecule has 1 saturated heterocycles. The molecule has 1 atom stereocenters. The SMILES string of the molecule is Brc1ccc([C@H](c2cccs2)N2CCNCC2)s1.Cl.Cl. The van der Waals surface area contributed by atoms with Gasteiger partial charge in [-0.1, -0.05) is 6.07 Å². The second-order valence-corrected chi connectivity index (χ2v) is 7.82. The molecule has 1 aliphatic heterocycles. The summed E-state index contributed by atoms with van der Waals surface area (Å²) in [4.78, 5) is 5.47. The minimum absolute atomic E-state index is 0. The molecule has 2 aromatic heterocycles. The van der Waals surface area contributed by atoms with Crippen LogP contribution in [0.1, 0.15) is 15.8 Å². The second-order valence-electron chi connectivity index (χ2n) is 4.35. The van der Waals surface area contributed by atoms with E-state index in [1.807, 2.05) is 22.7 Å². The van der Waals surface area contributed by atoms with Crippen molar-refractivity contribution in [1.82, 2.24) is 10.2 Å². The molecule has 0 aliphatic carbocycles. The maximum atomic E-state index is 3.58. The zero-order chi connectivity index (χ0) is 12.4. The predicted octanol–water partition coefficient (Wildman–Crippen LogP) is 4.41. The van der Waals surface area contributed by atoms with Crippen LogP contribution in [0.15, 0.2) is 33.4 Å². The van der Waals surface area contributed by atoms with E-state index in [0.717, 1.165) is 26.2 Å². The van der Waals surface area contributed by atoms with Crippen LogP contribution in [-0.4, -0.2) is 31.1 Å². The Labute approximate surface area is 148 Å². The summed E-state index contributed by atoms with van der Waals surface area (Å²) >= 11 is 7.29. The third-order valence-electron chi connectivity index (χ3n) is 3.19. The lowest BCUT2D eigenvalue weighted by Gasteiger charge is -2.33. The Morgan fingerprint density at radius 2 is 1.85 bits per heavy atom. The first-order valence-corrected chi connectivity index (χ1v) is 8.57. The number of halogens is 3. The van der Waals surface area contributed by atoms with Gasteiger partial charge in [-0.15, -0.1) is 47.5 Å². The van der Waals surface area contributed by atoms with E-state index < -0.39 is 0 Å². The van der Waals surface area contributed by atoms with Crippen LogP contribution in [0, 0.1) is 0 Å². The van der Waals surface area contributed by atoms with Crippen molar-refractivity contribution in [2.45, 2.75) is 6.04 Å². The number of nitrogens with zero attached hydrogens (tertiary/aromatic N) is 1. The Kier molecular flexibility index (Phi) is 8.05. The van der Waals surface area contributed by atoms with Gasteiger partial charge in [-0.3, -0.25) is 4.90 Å². The molecule has 2 aromatic rings. The number of piperazine rings is 1. The molecule has 3 rings (SSSR count). The molecule has 1 aliphatic rings. The van der Waals surface area contributed by atoms with Gasteiger partial charge in [0.15, 0.2) is 0 Å². The Morgan fingerprint density at radius 3 is 2.40 bits per heavy atom. The summed E-state index contributed by atoms with van der Waals surface area (Å²) in [6.45, 7) is 4.43. The van der Waals surface area contributed by atoms with Crippen molar-refractivity contribution in [2.24, 2.45) is 0 Å². The third-order valence-corrected chi connectivity index (χ3v) is 5.79. The predicted molar refractivity (Wildman–Crippen MR) is 97.1 cm³/mol. The van der Waals surface area contributed by atoms with Crippen molar-refractivity contribution in [1.29, 1.82) is 0 Å². The zero-order valence-corrected chi connectivity index (χ0v) is 15.6. The quantitative estimate of drug-likeness (QED) is 0.798. The van der Waals surface area contributed by atoms with Gasteiger partial charge in [0.1, 0.15) is 0 Å². The number of hydrogen-bond donors (Lipinski definition) is 1. The first-order valence-electron chi connectivity index (χ1n) is 6.08. The van der Waals surface area contributed by atoms with Gasteiger partial charge in [-0.05, 0) is 39.5 Å². The maximum absolute atomic E-state index is 3.58. The van der Waals surface area contributed by atoms with Gasteiger partial charge >= 0.3 is 0 Å². The number of nitrogens with one attached hydrogen (secondary N) is 1. The van der Waals surface area contributed by atoms with Gasteiger partial charge in [-0.2, -0.15) is 0 Å². The van der Waals surface area contributed by atoms with Crippen LogP contribution >= 0.6 is 63.4 Å². The summed E-state index contributed by atoms with van der Waals surface area (Å²) in [5.41, 5.74) is 0. The molecular formula is C13H17BrCl2N2S2. The van der Waals surface area contributed by atoms with E-state index in [2.05, 4.69) is 55.8 Å². The van der Waals surface area contributed by atoms with E-state index in [0.29, 0.717) is 6.04 Å². The average molecular weight is 416 g/mol. The van der Waals surface area contributed by atoms with Crippen molar-refractivity contribution in [3.05, 3.63) is 43.2 Å². The number of thiophene rings is 2. The fourth-order valence-corrected chi connectivity index (χ4v) is 4.89. The zero-order valence-electron chi connectivity index (χ0n) is 10.8. The van der Waals surface area contributed by atoms with Crippen molar-refractivity contribution >= 4 is 63.4 Å². The molecule has 3 heterocycles. The first kappa shape index (κ1) is 18.4. The molecule has 2 nitrogen and oxygen atoms in total. The summed E-state index contributed by atoms with van der Waals surface area (Å²) in [6.07, 6.45) is 0. The molecule has 0 spiro atoms. The van der Waals surface area contributed by atoms with E-state index in [-0.39, 0.29) is 24.8 Å². The summed E-state index contributed by atoms with van der Waals surface area (Å²) in [5.74, 6) is 0. The minimum Gasteiger partial charge on any atom is -0.314 e. The second kappa shape index (κ2) is 8.73. The lowest BCUT2D eigenvalue weighted by molar-refractivity contribution is 0.203. The smallest absolute Gasteiger partial charge is 0.0791 e. The van der Waals surface area contributed by atoms with Crippen LogP contribution in [0.5, 0.6) is 0 Å². The maximum Gasteiger partial charge on any atom is 0.0791 e. The summed E-state index contributed by atoms with van der Waals surface area (Å²) in [7, 11) is 0. The van der Waals surface area contributed by atoms with E-state index >= 15 is 0 Å². The fourth-order valence-electron chi connectivity index (χ4n) is 2.36. The highest BCUT2D eigenvalue weighted by Crippen LogP contribution is 2.37. The fraction of sp³-hybridized carbons (Fsp3) is 0.385.